The van der Waals surface area contributed by atoms with Crippen molar-refractivity contribution in [3.8, 4) is 5.75 Å². The van der Waals surface area contributed by atoms with E-state index in [-0.39, 0.29) is 32.1 Å². The number of hydrogen-bond donors (Lipinski definition) is 1. The quantitative estimate of drug-likeness (QED) is 0.699. The Morgan fingerprint density at radius 1 is 1.07 bits per heavy atom. The second kappa shape index (κ2) is 9.24. The van der Waals surface area contributed by atoms with Crippen LogP contribution in [0.15, 0.2) is 41.3 Å². The molecular weight excluding hydrogens is 435 g/mol. The zero-order valence-electron chi connectivity index (χ0n) is 16.0. The fraction of sp³-hybridized carbons (Fsp3) is 0.350. The second-order valence-electron chi connectivity index (χ2n) is 6.78. The second-order valence-corrected chi connectivity index (χ2v) is 9.24. The third-order valence-electron chi connectivity index (χ3n) is 4.80. The highest BCUT2D eigenvalue weighted by atomic mass is 35.5. The number of nitrogens with one attached hydrogen (secondary N) is 1. The van der Waals surface area contributed by atoms with Crippen LogP contribution in [0.1, 0.15) is 36.0 Å². The van der Waals surface area contributed by atoms with Crippen molar-refractivity contribution >= 4 is 44.8 Å². The van der Waals surface area contributed by atoms with E-state index >= 15 is 0 Å². The average Bonchev–Trinajstić information content (AvgIpc) is 3.00. The molecule has 0 bridgehead atoms. The first-order chi connectivity index (χ1) is 13.8. The number of hydrogen-bond acceptors (Lipinski definition) is 4. The van der Waals surface area contributed by atoms with Gasteiger partial charge in [0.2, 0.25) is 0 Å². The Bertz CT molecular complexity index is 1000. The van der Waals surface area contributed by atoms with Gasteiger partial charge in [-0.05, 0) is 43.2 Å². The highest BCUT2D eigenvalue weighted by Gasteiger charge is 2.24. The molecule has 1 amide bonds. The Kier molecular flexibility index (Phi) is 6.93. The number of anilines is 1. The lowest BCUT2D eigenvalue weighted by molar-refractivity contribution is 0.0758. The normalized spacial score (nSPS) is 14.9. The fourth-order valence-electron chi connectivity index (χ4n) is 3.25. The van der Waals surface area contributed by atoms with E-state index in [1.54, 1.807) is 17.0 Å². The van der Waals surface area contributed by atoms with Gasteiger partial charge in [0, 0.05) is 13.1 Å². The summed E-state index contributed by atoms with van der Waals surface area (Å²) in [6.45, 7) is 1.30. The summed E-state index contributed by atoms with van der Waals surface area (Å²) in [6, 6.07) is 8.88. The lowest BCUT2D eigenvalue weighted by Gasteiger charge is -2.22. The third-order valence-corrected chi connectivity index (χ3v) is 6.98. The Labute approximate surface area is 180 Å². The van der Waals surface area contributed by atoms with Crippen molar-refractivity contribution in [1.29, 1.82) is 0 Å². The van der Waals surface area contributed by atoms with Crippen LogP contribution < -0.4 is 9.46 Å². The van der Waals surface area contributed by atoms with Crippen LogP contribution in [0.3, 0.4) is 0 Å². The van der Waals surface area contributed by atoms with Gasteiger partial charge in [-0.3, -0.25) is 9.52 Å². The van der Waals surface area contributed by atoms with E-state index < -0.39 is 10.0 Å². The molecule has 29 heavy (non-hydrogen) atoms. The lowest BCUT2D eigenvalue weighted by Crippen LogP contribution is -2.32. The minimum absolute atomic E-state index is 0.0625. The minimum Gasteiger partial charge on any atom is -0.496 e. The van der Waals surface area contributed by atoms with Crippen LogP contribution in [0.2, 0.25) is 10.0 Å². The molecule has 1 fully saturated rings. The van der Waals surface area contributed by atoms with Gasteiger partial charge in [-0.25, -0.2) is 8.42 Å². The van der Waals surface area contributed by atoms with Crippen LogP contribution in [0, 0.1) is 0 Å². The molecule has 2 aromatic rings. The number of likely N-dealkylation sites (tertiary alicyclic amines) is 1. The van der Waals surface area contributed by atoms with Crippen molar-refractivity contribution in [2.45, 2.75) is 30.6 Å². The van der Waals surface area contributed by atoms with Gasteiger partial charge in [0.15, 0.2) is 0 Å². The third kappa shape index (κ3) is 4.97. The smallest absolute Gasteiger partial charge is 0.261 e. The molecule has 1 heterocycles. The van der Waals surface area contributed by atoms with Crippen LogP contribution in [-0.2, 0) is 10.0 Å². The number of amides is 1. The number of methoxy groups -OCH3 is 1. The highest BCUT2D eigenvalue weighted by Crippen LogP contribution is 2.32. The highest BCUT2D eigenvalue weighted by molar-refractivity contribution is 7.92. The summed E-state index contributed by atoms with van der Waals surface area (Å²) in [5.41, 5.74) is 0.379. The predicted octanol–water partition coefficient (Wildman–Crippen LogP) is 4.82. The number of rotatable bonds is 5. The van der Waals surface area contributed by atoms with Crippen molar-refractivity contribution in [3.63, 3.8) is 0 Å². The van der Waals surface area contributed by atoms with Gasteiger partial charge in [-0.15, -0.1) is 0 Å². The number of halogens is 2. The van der Waals surface area contributed by atoms with E-state index in [0.717, 1.165) is 25.7 Å². The average molecular weight is 457 g/mol. The molecule has 3 rings (SSSR count). The summed E-state index contributed by atoms with van der Waals surface area (Å²) in [7, 11) is -2.54. The van der Waals surface area contributed by atoms with Gasteiger partial charge >= 0.3 is 0 Å². The predicted molar refractivity (Wildman–Crippen MR) is 115 cm³/mol. The van der Waals surface area contributed by atoms with E-state index in [1.165, 1.54) is 31.4 Å². The van der Waals surface area contributed by atoms with Gasteiger partial charge in [0.1, 0.15) is 5.75 Å². The summed E-state index contributed by atoms with van der Waals surface area (Å²) >= 11 is 12.1. The number of nitrogens with zero attached hydrogens (tertiary/aromatic N) is 1. The molecule has 0 aromatic heterocycles. The summed E-state index contributed by atoms with van der Waals surface area (Å²) < 4.78 is 33.5. The van der Waals surface area contributed by atoms with Gasteiger partial charge in [-0.2, -0.15) is 0 Å². The molecule has 0 spiro atoms. The topological polar surface area (TPSA) is 75.7 Å². The van der Waals surface area contributed by atoms with E-state index in [9.17, 15) is 13.2 Å². The van der Waals surface area contributed by atoms with E-state index in [4.69, 9.17) is 27.9 Å². The number of sulfonamides is 1. The number of carbonyl (C=O) groups excluding carboxylic acids is 1. The Morgan fingerprint density at radius 3 is 2.41 bits per heavy atom. The van der Waals surface area contributed by atoms with E-state index in [2.05, 4.69) is 4.72 Å². The standard InChI is InChI=1S/C20H22Cl2N2O4S/c1-28-18-10-9-14(13-15(18)20(25)24-11-4-2-3-5-12-24)29(26,27)23-17-8-6-7-16(21)19(17)22/h6-10,13,23H,2-5,11-12H2,1H3. The SMILES string of the molecule is COc1ccc(S(=O)(=O)Nc2cccc(Cl)c2Cl)cc1C(=O)N1CCCCCC1. The van der Waals surface area contributed by atoms with Crippen LogP contribution >= 0.6 is 23.2 Å². The van der Waals surface area contributed by atoms with Gasteiger partial charge in [-0.1, -0.05) is 42.1 Å². The molecule has 0 aliphatic carbocycles. The van der Waals surface area contributed by atoms with Crippen LogP contribution in [0.5, 0.6) is 5.75 Å². The van der Waals surface area contributed by atoms with Crippen LogP contribution in [0.4, 0.5) is 5.69 Å². The number of ether oxygens (including phenoxy) is 1. The summed E-state index contributed by atoms with van der Waals surface area (Å²) in [5.74, 6) is 0.0978. The molecule has 1 aliphatic rings. The molecule has 0 saturated carbocycles. The Hall–Kier alpha value is -1.96. The number of carbonyl (C=O) groups is 1. The zero-order chi connectivity index (χ0) is 21.0. The van der Waals surface area contributed by atoms with Crippen molar-refractivity contribution < 1.29 is 17.9 Å². The minimum atomic E-state index is -3.99. The molecule has 2 aromatic carbocycles. The maximum Gasteiger partial charge on any atom is 0.261 e. The number of benzene rings is 2. The maximum atomic E-state index is 13.1. The monoisotopic (exact) mass is 456 g/mol. The van der Waals surface area contributed by atoms with Crippen molar-refractivity contribution in [1.82, 2.24) is 4.90 Å². The first-order valence-corrected chi connectivity index (χ1v) is 11.5. The molecule has 1 aliphatic heterocycles. The molecule has 6 nitrogen and oxygen atoms in total. The van der Waals surface area contributed by atoms with E-state index in [1.807, 2.05) is 0 Å². The van der Waals surface area contributed by atoms with Crippen LogP contribution in [-0.4, -0.2) is 39.4 Å². The molecule has 0 unspecified atom stereocenters. The summed E-state index contributed by atoms with van der Waals surface area (Å²) in [5, 5.41) is 0.339. The molecular formula is C20H22Cl2N2O4S. The van der Waals surface area contributed by atoms with Crippen molar-refractivity contribution in [2.24, 2.45) is 0 Å². The summed E-state index contributed by atoms with van der Waals surface area (Å²) in [6.07, 6.45) is 4.03. The largest absolute Gasteiger partial charge is 0.496 e. The lowest BCUT2D eigenvalue weighted by atomic mass is 10.1. The Morgan fingerprint density at radius 2 is 1.76 bits per heavy atom. The zero-order valence-corrected chi connectivity index (χ0v) is 18.3. The first kappa shape index (κ1) is 21.7. The molecule has 156 valence electrons. The van der Waals surface area contributed by atoms with Gasteiger partial charge in [0.05, 0.1) is 33.3 Å². The molecule has 0 radical (unpaired) electrons. The van der Waals surface area contributed by atoms with Gasteiger partial charge in [0.25, 0.3) is 15.9 Å². The van der Waals surface area contributed by atoms with Gasteiger partial charge < -0.3 is 9.64 Å². The molecule has 0 atom stereocenters. The van der Waals surface area contributed by atoms with Crippen molar-refractivity contribution in [3.05, 3.63) is 52.0 Å². The maximum absolute atomic E-state index is 13.1. The molecule has 9 heteroatoms. The Balaban J connectivity index is 1.94. The van der Waals surface area contributed by atoms with E-state index in [0.29, 0.717) is 18.8 Å². The fourth-order valence-corrected chi connectivity index (χ4v) is 4.75. The molecule has 1 N–H and O–H groups in total. The van der Waals surface area contributed by atoms with Crippen molar-refractivity contribution in [2.75, 3.05) is 24.9 Å². The summed E-state index contributed by atoms with van der Waals surface area (Å²) in [4.78, 5) is 14.8. The first-order valence-electron chi connectivity index (χ1n) is 9.27. The molecule has 1 saturated heterocycles. The van der Waals surface area contributed by atoms with Crippen LogP contribution in [0.25, 0.3) is 0 Å².